The van der Waals surface area contributed by atoms with Crippen LogP contribution in [0.25, 0.3) is 5.52 Å². The number of anilines is 1. The number of nitrogens with zero attached hydrogens (tertiary/aromatic N) is 3. The molecule has 1 fully saturated rings. The van der Waals surface area contributed by atoms with Crippen molar-refractivity contribution < 1.29 is 0 Å². The Kier molecular flexibility index (Phi) is 2.57. The van der Waals surface area contributed by atoms with Crippen molar-refractivity contribution in [1.29, 1.82) is 0 Å². The van der Waals surface area contributed by atoms with Crippen LogP contribution in [0.4, 0.5) is 5.69 Å². The van der Waals surface area contributed by atoms with E-state index in [1.807, 2.05) is 16.9 Å². The molecule has 3 rings (SSSR count). The van der Waals surface area contributed by atoms with Crippen LogP contribution in [0.1, 0.15) is 0 Å². The van der Waals surface area contributed by atoms with Gasteiger partial charge in [0, 0.05) is 43.0 Å². The largest absolute Gasteiger partial charge is 0.367 e. The highest BCUT2D eigenvalue weighted by Gasteiger charge is 2.14. The zero-order valence-electron chi connectivity index (χ0n) is 8.86. The topological polar surface area (TPSA) is 32.6 Å². The van der Waals surface area contributed by atoms with E-state index in [1.54, 1.807) is 0 Å². The van der Waals surface area contributed by atoms with Gasteiger partial charge in [0.25, 0.3) is 0 Å². The maximum Gasteiger partial charge on any atom is 0.0891 e. The van der Waals surface area contributed by atoms with Gasteiger partial charge in [0.1, 0.15) is 0 Å². The third-order valence-corrected chi connectivity index (χ3v) is 3.34. The van der Waals surface area contributed by atoms with Gasteiger partial charge in [-0.25, -0.2) is 4.52 Å². The van der Waals surface area contributed by atoms with Crippen molar-refractivity contribution in [3.63, 3.8) is 0 Å². The molecular formula is C11H13BrN4. The van der Waals surface area contributed by atoms with Crippen LogP contribution in [0.3, 0.4) is 0 Å². The Morgan fingerprint density at radius 1 is 1.31 bits per heavy atom. The Morgan fingerprint density at radius 3 is 2.94 bits per heavy atom. The molecule has 1 aliphatic rings. The van der Waals surface area contributed by atoms with Crippen LogP contribution in [0.5, 0.6) is 0 Å². The van der Waals surface area contributed by atoms with Crippen molar-refractivity contribution in [2.45, 2.75) is 0 Å². The van der Waals surface area contributed by atoms with Gasteiger partial charge < -0.3 is 10.2 Å². The van der Waals surface area contributed by atoms with E-state index in [4.69, 9.17) is 0 Å². The highest BCUT2D eigenvalue weighted by atomic mass is 79.9. The van der Waals surface area contributed by atoms with Gasteiger partial charge in [-0.15, -0.1) is 0 Å². The van der Waals surface area contributed by atoms with Crippen molar-refractivity contribution in [1.82, 2.24) is 14.9 Å². The Bertz CT molecular complexity index is 502. The van der Waals surface area contributed by atoms with E-state index in [1.165, 1.54) is 5.69 Å². The van der Waals surface area contributed by atoms with Crippen molar-refractivity contribution in [2.24, 2.45) is 0 Å². The fraction of sp³-hybridized carbons (Fsp3) is 0.364. The van der Waals surface area contributed by atoms with Gasteiger partial charge in [0.2, 0.25) is 0 Å². The van der Waals surface area contributed by atoms with E-state index in [0.717, 1.165) is 36.2 Å². The summed E-state index contributed by atoms with van der Waals surface area (Å²) in [5.41, 5.74) is 2.43. The number of aromatic nitrogens is 2. The lowest BCUT2D eigenvalue weighted by Crippen LogP contribution is -2.43. The van der Waals surface area contributed by atoms with Crippen LogP contribution >= 0.6 is 15.9 Å². The normalized spacial score (nSPS) is 16.9. The molecule has 0 radical (unpaired) electrons. The standard InChI is InChI=1S/C11H13BrN4/c12-9-7-11-10(1-2-14-16(11)8-9)15-5-3-13-4-6-15/h1-2,7-8,13H,3-6H2. The van der Waals surface area contributed by atoms with Crippen LogP contribution in [-0.4, -0.2) is 35.8 Å². The van der Waals surface area contributed by atoms with Gasteiger partial charge in [0.15, 0.2) is 0 Å². The van der Waals surface area contributed by atoms with Crippen LogP contribution in [0, 0.1) is 0 Å². The van der Waals surface area contributed by atoms with Crippen LogP contribution in [-0.2, 0) is 0 Å². The minimum Gasteiger partial charge on any atom is -0.367 e. The van der Waals surface area contributed by atoms with Gasteiger partial charge in [-0.3, -0.25) is 0 Å². The number of fused-ring (bicyclic) bond motifs is 1. The van der Waals surface area contributed by atoms with Crippen molar-refractivity contribution in [3.05, 3.63) is 29.0 Å². The number of nitrogens with one attached hydrogen (secondary N) is 1. The van der Waals surface area contributed by atoms with Gasteiger partial charge in [-0.2, -0.15) is 5.10 Å². The first-order valence-corrected chi connectivity index (χ1v) is 6.22. The second-order valence-electron chi connectivity index (χ2n) is 3.94. The maximum absolute atomic E-state index is 4.30. The molecule has 0 saturated carbocycles. The summed E-state index contributed by atoms with van der Waals surface area (Å²) in [4.78, 5) is 2.40. The lowest BCUT2D eigenvalue weighted by molar-refractivity contribution is 0.589. The molecule has 0 bridgehead atoms. The number of hydrogen-bond acceptors (Lipinski definition) is 3. The molecule has 84 valence electrons. The molecule has 0 atom stereocenters. The molecule has 0 unspecified atom stereocenters. The second-order valence-corrected chi connectivity index (χ2v) is 4.86. The minimum absolute atomic E-state index is 1.05. The molecule has 1 N–H and O–H groups in total. The number of piperazine rings is 1. The number of hydrogen-bond donors (Lipinski definition) is 1. The summed E-state index contributed by atoms with van der Waals surface area (Å²) in [5.74, 6) is 0. The fourth-order valence-corrected chi connectivity index (χ4v) is 2.55. The molecule has 3 heterocycles. The third-order valence-electron chi connectivity index (χ3n) is 2.91. The molecule has 16 heavy (non-hydrogen) atoms. The Morgan fingerprint density at radius 2 is 2.12 bits per heavy atom. The number of rotatable bonds is 1. The van der Waals surface area contributed by atoms with E-state index < -0.39 is 0 Å². The molecule has 5 heteroatoms. The van der Waals surface area contributed by atoms with Gasteiger partial charge in [-0.1, -0.05) is 0 Å². The molecule has 1 saturated heterocycles. The zero-order valence-corrected chi connectivity index (χ0v) is 10.4. The summed E-state index contributed by atoms with van der Waals surface area (Å²) < 4.78 is 2.99. The van der Waals surface area contributed by atoms with Gasteiger partial charge in [-0.05, 0) is 28.1 Å². The second kappa shape index (κ2) is 4.07. The summed E-state index contributed by atoms with van der Waals surface area (Å²) in [5, 5.41) is 7.67. The molecule has 0 spiro atoms. The van der Waals surface area contributed by atoms with Gasteiger partial charge in [0.05, 0.1) is 11.2 Å². The summed E-state index contributed by atoms with van der Waals surface area (Å²) in [7, 11) is 0. The van der Waals surface area contributed by atoms with Crippen molar-refractivity contribution >= 4 is 27.1 Å². The zero-order chi connectivity index (χ0) is 11.0. The highest BCUT2D eigenvalue weighted by molar-refractivity contribution is 9.10. The fourth-order valence-electron chi connectivity index (χ4n) is 2.14. The summed E-state index contributed by atoms with van der Waals surface area (Å²) in [6.07, 6.45) is 3.85. The van der Waals surface area contributed by atoms with Crippen LogP contribution in [0.2, 0.25) is 0 Å². The average Bonchev–Trinajstić information content (AvgIpc) is 2.70. The van der Waals surface area contributed by atoms with E-state index >= 15 is 0 Å². The molecule has 4 nitrogen and oxygen atoms in total. The Labute approximate surface area is 102 Å². The van der Waals surface area contributed by atoms with E-state index in [2.05, 4.69) is 43.4 Å². The first-order chi connectivity index (χ1) is 7.84. The average molecular weight is 281 g/mol. The third kappa shape index (κ3) is 1.70. The Balaban J connectivity index is 2.07. The maximum atomic E-state index is 4.30. The molecular weight excluding hydrogens is 268 g/mol. The smallest absolute Gasteiger partial charge is 0.0891 e. The Hall–Kier alpha value is -1.07. The summed E-state index contributed by atoms with van der Waals surface area (Å²) in [6, 6.07) is 4.21. The lowest BCUT2D eigenvalue weighted by Gasteiger charge is -2.29. The predicted molar refractivity (Wildman–Crippen MR) is 68.0 cm³/mol. The van der Waals surface area contributed by atoms with E-state index in [-0.39, 0.29) is 0 Å². The number of halogens is 1. The molecule has 0 aliphatic carbocycles. The first-order valence-electron chi connectivity index (χ1n) is 5.43. The summed E-state index contributed by atoms with van der Waals surface area (Å²) >= 11 is 3.49. The highest BCUT2D eigenvalue weighted by Crippen LogP contribution is 2.25. The monoisotopic (exact) mass is 280 g/mol. The van der Waals surface area contributed by atoms with E-state index in [9.17, 15) is 0 Å². The SMILES string of the molecule is Brc1cc2c(N3CCNCC3)ccnn2c1. The van der Waals surface area contributed by atoms with Crippen LogP contribution in [0.15, 0.2) is 29.0 Å². The molecule has 0 amide bonds. The van der Waals surface area contributed by atoms with Crippen LogP contribution < -0.4 is 10.2 Å². The lowest BCUT2D eigenvalue weighted by atomic mass is 10.3. The molecule has 2 aromatic rings. The first kappa shape index (κ1) is 10.1. The summed E-state index contributed by atoms with van der Waals surface area (Å²) in [6.45, 7) is 4.22. The van der Waals surface area contributed by atoms with Gasteiger partial charge >= 0.3 is 0 Å². The molecule has 0 aromatic carbocycles. The molecule has 1 aliphatic heterocycles. The molecule has 2 aromatic heterocycles. The quantitative estimate of drug-likeness (QED) is 0.860. The van der Waals surface area contributed by atoms with Crippen molar-refractivity contribution in [2.75, 3.05) is 31.1 Å². The minimum atomic E-state index is 1.05. The van der Waals surface area contributed by atoms with Crippen molar-refractivity contribution in [3.8, 4) is 0 Å². The van der Waals surface area contributed by atoms with E-state index in [0.29, 0.717) is 0 Å². The predicted octanol–water partition coefficient (Wildman–Crippen LogP) is 1.51.